The molecule has 4 nitrogen and oxygen atoms in total. The van der Waals surface area contributed by atoms with Gasteiger partial charge in [-0.15, -0.1) is 0 Å². The Hall–Kier alpha value is -0.840. The van der Waals surface area contributed by atoms with Crippen LogP contribution in [-0.2, 0) is 4.79 Å². The van der Waals surface area contributed by atoms with E-state index in [9.17, 15) is 4.79 Å². The maximum Gasteiger partial charge on any atom is 0.224 e. The Kier molecular flexibility index (Phi) is 6.55. The van der Waals surface area contributed by atoms with Crippen molar-refractivity contribution in [1.82, 2.24) is 4.98 Å². The first kappa shape index (κ1) is 16.2. The standard InChI is InChI=1S/C13H19Cl2N3O/c1-8(5-6-16)3-4-11(19)18-12-9(2)7-10(14)17-13(12)15/h7-8H,3-6,16H2,1-2H3,(H,18,19). The van der Waals surface area contributed by atoms with Gasteiger partial charge in [-0.25, -0.2) is 4.98 Å². The van der Waals surface area contributed by atoms with Gasteiger partial charge in [0.25, 0.3) is 0 Å². The van der Waals surface area contributed by atoms with Crippen LogP contribution in [0.15, 0.2) is 6.07 Å². The van der Waals surface area contributed by atoms with Crippen LogP contribution in [0.4, 0.5) is 5.69 Å². The SMILES string of the molecule is Cc1cc(Cl)nc(Cl)c1NC(=O)CCC(C)CCN. The zero-order chi connectivity index (χ0) is 14.4. The number of aryl methyl sites for hydroxylation is 1. The minimum absolute atomic E-state index is 0.0713. The Labute approximate surface area is 123 Å². The minimum atomic E-state index is -0.0713. The fourth-order valence-electron chi connectivity index (χ4n) is 1.75. The topological polar surface area (TPSA) is 68.0 Å². The van der Waals surface area contributed by atoms with Crippen LogP contribution in [0.1, 0.15) is 31.7 Å². The van der Waals surface area contributed by atoms with Gasteiger partial charge in [-0.2, -0.15) is 0 Å². The monoisotopic (exact) mass is 303 g/mol. The van der Waals surface area contributed by atoms with Crippen LogP contribution in [0.2, 0.25) is 10.3 Å². The molecule has 0 saturated carbocycles. The number of amides is 1. The molecule has 0 radical (unpaired) electrons. The van der Waals surface area contributed by atoms with E-state index in [2.05, 4.69) is 17.2 Å². The molecule has 1 rings (SSSR count). The summed E-state index contributed by atoms with van der Waals surface area (Å²) in [5.74, 6) is 0.369. The quantitative estimate of drug-likeness (QED) is 0.791. The van der Waals surface area contributed by atoms with Crippen molar-refractivity contribution in [2.45, 2.75) is 33.1 Å². The first-order valence-corrected chi connectivity index (χ1v) is 7.02. The summed E-state index contributed by atoms with van der Waals surface area (Å²) >= 11 is 11.7. The van der Waals surface area contributed by atoms with Crippen molar-refractivity contribution >= 4 is 34.8 Å². The Balaban J connectivity index is 2.58. The molecular weight excluding hydrogens is 285 g/mol. The average Bonchev–Trinajstić information content (AvgIpc) is 2.31. The lowest BCUT2D eigenvalue weighted by atomic mass is 10.0. The average molecular weight is 304 g/mol. The Morgan fingerprint density at radius 3 is 2.74 bits per heavy atom. The third kappa shape index (κ3) is 5.35. The van der Waals surface area contributed by atoms with Gasteiger partial charge in [-0.1, -0.05) is 30.1 Å². The maximum atomic E-state index is 11.8. The lowest BCUT2D eigenvalue weighted by Gasteiger charge is -2.12. The smallest absolute Gasteiger partial charge is 0.224 e. The van der Waals surface area contributed by atoms with E-state index >= 15 is 0 Å². The summed E-state index contributed by atoms with van der Waals surface area (Å²) in [7, 11) is 0. The van der Waals surface area contributed by atoms with Crippen molar-refractivity contribution in [3.8, 4) is 0 Å². The van der Waals surface area contributed by atoms with Gasteiger partial charge in [-0.3, -0.25) is 4.79 Å². The highest BCUT2D eigenvalue weighted by Crippen LogP contribution is 2.26. The number of nitrogens with two attached hydrogens (primary N) is 1. The number of nitrogens with one attached hydrogen (secondary N) is 1. The van der Waals surface area contributed by atoms with Crippen molar-refractivity contribution in [3.05, 3.63) is 21.9 Å². The number of aromatic nitrogens is 1. The van der Waals surface area contributed by atoms with E-state index in [1.165, 1.54) is 0 Å². The van der Waals surface area contributed by atoms with Gasteiger partial charge in [0.15, 0.2) is 5.15 Å². The first-order valence-electron chi connectivity index (χ1n) is 6.26. The molecule has 1 amide bonds. The summed E-state index contributed by atoms with van der Waals surface area (Å²) in [4.78, 5) is 15.8. The van der Waals surface area contributed by atoms with Crippen LogP contribution in [0, 0.1) is 12.8 Å². The highest BCUT2D eigenvalue weighted by molar-refractivity contribution is 6.34. The molecule has 0 aliphatic rings. The number of halogens is 2. The number of nitrogens with zero attached hydrogens (tertiary/aromatic N) is 1. The predicted molar refractivity (Wildman–Crippen MR) is 79.7 cm³/mol. The zero-order valence-corrected chi connectivity index (χ0v) is 12.7. The summed E-state index contributed by atoms with van der Waals surface area (Å²) in [6, 6.07) is 1.67. The molecule has 0 fully saturated rings. The van der Waals surface area contributed by atoms with E-state index in [0.29, 0.717) is 29.7 Å². The molecule has 1 atom stereocenters. The van der Waals surface area contributed by atoms with Crippen LogP contribution < -0.4 is 11.1 Å². The van der Waals surface area contributed by atoms with Crippen LogP contribution in [0.5, 0.6) is 0 Å². The molecule has 0 bridgehead atoms. The number of carbonyl (C=O) groups is 1. The Morgan fingerprint density at radius 1 is 1.47 bits per heavy atom. The summed E-state index contributed by atoms with van der Waals surface area (Å²) in [6.45, 7) is 4.56. The van der Waals surface area contributed by atoms with Crippen molar-refractivity contribution in [1.29, 1.82) is 0 Å². The largest absolute Gasteiger partial charge is 0.330 e. The molecule has 1 aromatic heterocycles. The minimum Gasteiger partial charge on any atom is -0.330 e. The second-order valence-corrected chi connectivity index (χ2v) is 5.44. The normalized spacial score (nSPS) is 12.3. The van der Waals surface area contributed by atoms with Crippen molar-refractivity contribution in [3.63, 3.8) is 0 Å². The van der Waals surface area contributed by atoms with E-state index in [0.717, 1.165) is 18.4 Å². The number of pyridine rings is 1. The van der Waals surface area contributed by atoms with Gasteiger partial charge in [-0.05, 0) is 43.9 Å². The van der Waals surface area contributed by atoms with Gasteiger partial charge < -0.3 is 11.1 Å². The van der Waals surface area contributed by atoms with Gasteiger partial charge in [0.05, 0.1) is 5.69 Å². The maximum absolute atomic E-state index is 11.8. The highest BCUT2D eigenvalue weighted by Gasteiger charge is 2.12. The second kappa shape index (κ2) is 7.68. The molecule has 0 aliphatic carbocycles. The second-order valence-electron chi connectivity index (χ2n) is 4.70. The molecule has 1 unspecified atom stereocenters. The molecule has 3 N–H and O–H groups in total. The number of hydrogen-bond donors (Lipinski definition) is 2. The van der Waals surface area contributed by atoms with Crippen LogP contribution in [0.25, 0.3) is 0 Å². The van der Waals surface area contributed by atoms with E-state index in [-0.39, 0.29) is 11.1 Å². The molecule has 0 aliphatic heterocycles. The predicted octanol–water partition coefficient (Wildman–Crippen LogP) is 3.40. The van der Waals surface area contributed by atoms with Gasteiger partial charge >= 0.3 is 0 Å². The van der Waals surface area contributed by atoms with Crippen molar-refractivity contribution < 1.29 is 4.79 Å². The molecule has 1 aromatic rings. The third-order valence-electron chi connectivity index (χ3n) is 2.93. The zero-order valence-electron chi connectivity index (χ0n) is 11.2. The van der Waals surface area contributed by atoms with Crippen LogP contribution in [-0.4, -0.2) is 17.4 Å². The molecule has 1 heterocycles. The Morgan fingerprint density at radius 2 is 2.16 bits per heavy atom. The first-order chi connectivity index (χ1) is 8.93. The fraction of sp³-hybridized carbons (Fsp3) is 0.538. The third-order valence-corrected chi connectivity index (χ3v) is 3.40. The van der Waals surface area contributed by atoms with Crippen molar-refractivity contribution in [2.24, 2.45) is 11.7 Å². The molecule has 0 saturated heterocycles. The summed E-state index contributed by atoms with van der Waals surface area (Å²) in [5.41, 5.74) is 6.80. The molecule has 106 valence electrons. The van der Waals surface area contributed by atoms with E-state index in [1.54, 1.807) is 6.07 Å². The van der Waals surface area contributed by atoms with Crippen LogP contribution in [0.3, 0.4) is 0 Å². The van der Waals surface area contributed by atoms with E-state index in [1.807, 2.05) is 6.92 Å². The molecule has 19 heavy (non-hydrogen) atoms. The lowest BCUT2D eigenvalue weighted by molar-refractivity contribution is -0.116. The van der Waals surface area contributed by atoms with E-state index < -0.39 is 0 Å². The van der Waals surface area contributed by atoms with E-state index in [4.69, 9.17) is 28.9 Å². The fourth-order valence-corrected chi connectivity index (χ4v) is 2.33. The lowest BCUT2D eigenvalue weighted by Crippen LogP contribution is -2.15. The number of rotatable bonds is 6. The number of carbonyl (C=O) groups excluding carboxylic acids is 1. The highest BCUT2D eigenvalue weighted by atomic mass is 35.5. The number of anilines is 1. The summed E-state index contributed by atoms with van der Waals surface area (Å²) in [6.07, 6.45) is 2.18. The molecule has 0 spiro atoms. The molecule has 6 heteroatoms. The summed E-state index contributed by atoms with van der Waals surface area (Å²) in [5, 5.41) is 3.31. The molecule has 0 aromatic carbocycles. The molecular formula is C13H19Cl2N3O. The summed E-state index contributed by atoms with van der Waals surface area (Å²) < 4.78 is 0. The van der Waals surface area contributed by atoms with Crippen LogP contribution >= 0.6 is 23.2 Å². The number of hydrogen-bond acceptors (Lipinski definition) is 3. The van der Waals surface area contributed by atoms with Gasteiger partial charge in [0.2, 0.25) is 5.91 Å². The van der Waals surface area contributed by atoms with Gasteiger partial charge in [0.1, 0.15) is 5.15 Å². The van der Waals surface area contributed by atoms with Gasteiger partial charge in [0, 0.05) is 6.42 Å². The Bertz CT molecular complexity index is 429. The van der Waals surface area contributed by atoms with Crippen molar-refractivity contribution in [2.75, 3.05) is 11.9 Å².